The first-order valence-electron chi connectivity index (χ1n) is 6.12. The molecule has 1 aliphatic heterocycles. The van der Waals surface area contributed by atoms with Crippen LogP contribution in [0.25, 0.3) is 0 Å². The molecular weight excluding hydrogens is 368 g/mol. The highest BCUT2D eigenvalue weighted by Gasteiger charge is 2.24. The van der Waals surface area contributed by atoms with Crippen LogP contribution in [0.4, 0.5) is 0 Å². The Bertz CT molecular complexity index is 617. The van der Waals surface area contributed by atoms with E-state index in [4.69, 9.17) is 0 Å². The van der Waals surface area contributed by atoms with Crippen LogP contribution >= 0.6 is 28.3 Å². The third-order valence-corrected chi connectivity index (χ3v) is 3.71. The minimum Gasteiger partial charge on any atom is -0.391 e. The molecule has 0 aromatic carbocycles. The second kappa shape index (κ2) is 7.74. The van der Waals surface area contributed by atoms with Crippen LogP contribution in [0.2, 0.25) is 0 Å². The number of hydrogen-bond acceptors (Lipinski definition) is 5. The molecule has 21 heavy (non-hydrogen) atoms. The van der Waals surface area contributed by atoms with Gasteiger partial charge in [-0.2, -0.15) is 0 Å². The molecule has 1 fully saturated rings. The Hall–Kier alpha value is -1.16. The molecule has 1 saturated heterocycles. The van der Waals surface area contributed by atoms with Crippen molar-refractivity contribution in [3.63, 3.8) is 0 Å². The first-order valence-corrected chi connectivity index (χ1v) is 6.91. The lowest BCUT2D eigenvalue weighted by molar-refractivity contribution is -0.122. The zero-order chi connectivity index (χ0) is 14.7. The van der Waals surface area contributed by atoms with E-state index < -0.39 is 17.4 Å². The first-order chi connectivity index (χ1) is 9.47. The van der Waals surface area contributed by atoms with Gasteiger partial charge in [-0.1, -0.05) is 0 Å². The molecule has 118 valence electrons. The summed E-state index contributed by atoms with van der Waals surface area (Å²) in [5, 5.41) is 15.3. The number of nitrogens with one attached hydrogen (secondary N) is 3. The van der Waals surface area contributed by atoms with E-state index >= 15 is 0 Å². The van der Waals surface area contributed by atoms with Gasteiger partial charge in [0, 0.05) is 31.7 Å². The van der Waals surface area contributed by atoms with Crippen molar-refractivity contribution in [2.45, 2.75) is 12.6 Å². The van der Waals surface area contributed by atoms with Crippen molar-refractivity contribution < 1.29 is 9.90 Å². The van der Waals surface area contributed by atoms with Crippen LogP contribution in [-0.2, 0) is 11.3 Å². The number of H-pyrrole nitrogens is 1. The van der Waals surface area contributed by atoms with Gasteiger partial charge in [0.25, 0.3) is 5.56 Å². The van der Waals surface area contributed by atoms with Crippen molar-refractivity contribution in [1.82, 2.24) is 20.2 Å². The summed E-state index contributed by atoms with van der Waals surface area (Å²) in [6.07, 6.45) is 0.799. The molecule has 2 unspecified atom stereocenters. The maximum absolute atomic E-state index is 11.7. The molecule has 2 atom stereocenters. The number of rotatable bonds is 4. The smallest absolute Gasteiger partial charge is 0.328 e. The lowest BCUT2D eigenvalue weighted by Gasteiger charge is -2.14. The second-order valence-corrected chi connectivity index (χ2v) is 5.51. The third-order valence-electron chi connectivity index (χ3n) is 3.15. The molecule has 10 heteroatoms. The van der Waals surface area contributed by atoms with Gasteiger partial charge in [0.2, 0.25) is 5.91 Å². The molecule has 0 bridgehead atoms. The molecule has 1 aliphatic rings. The summed E-state index contributed by atoms with van der Waals surface area (Å²) >= 11 is 2.99. The highest BCUT2D eigenvalue weighted by Crippen LogP contribution is 2.06. The highest BCUT2D eigenvalue weighted by molar-refractivity contribution is 9.10. The van der Waals surface area contributed by atoms with E-state index in [0.717, 1.165) is 4.57 Å². The van der Waals surface area contributed by atoms with Crippen molar-refractivity contribution in [3.8, 4) is 0 Å². The summed E-state index contributed by atoms with van der Waals surface area (Å²) in [7, 11) is 0. The lowest BCUT2D eigenvalue weighted by atomic mass is 10.1. The van der Waals surface area contributed by atoms with E-state index in [1.54, 1.807) is 0 Å². The summed E-state index contributed by atoms with van der Waals surface area (Å²) < 4.78 is 1.28. The molecule has 0 saturated carbocycles. The highest BCUT2D eigenvalue weighted by atomic mass is 79.9. The van der Waals surface area contributed by atoms with Crippen molar-refractivity contribution in [2.75, 3.05) is 19.6 Å². The molecule has 1 aromatic heterocycles. The van der Waals surface area contributed by atoms with Crippen LogP contribution in [0.5, 0.6) is 0 Å². The van der Waals surface area contributed by atoms with Gasteiger partial charge in [-0.3, -0.25) is 19.1 Å². The van der Waals surface area contributed by atoms with Gasteiger partial charge < -0.3 is 15.7 Å². The first kappa shape index (κ1) is 17.9. The van der Waals surface area contributed by atoms with E-state index in [1.807, 2.05) is 0 Å². The van der Waals surface area contributed by atoms with Crippen molar-refractivity contribution >= 4 is 34.2 Å². The molecular formula is C11H16BrClN4O4. The van der Waals surface area contributed by atoms with E-state index in [9.17, 15) is 19.5 Å². The lowest BCUT2D eigenvalue weighted by Crippen LogP contribution is -2.39. The Morgan fingerprint density at radius 2 is 2.19 bits per heavy atom. The summed E-state index contributed by atoms with van der Waals surface area (Å²) in [6, 6.07) is 0. The average molecular weight is 384 g/mol. The zero-order valence-electron chi connectivity index (χ0n) is 11.0. The Kier molecular flexibility index (Phi) is 6.59. The summed E-state index contributed by atoms with van der Waals surface area (Å²) in [5.74, 6) is -0.386. The molecule has 1 aromatic rings. The maximum atomic E-state index is 11.7. The number of carbonyl (C=O) groups excluding carboxylic acids is 1. The zero-order valence-corrected chi connectivity index (χ0v) is 13.4. The number of β-amino-alcohol motifs (C(OH)–C–C–N with tert-alkyl or cyclic N) is 1. The fourth-order valence-electron chi connectivity index (χ4n) is 1.98. The number of amides is 1. The van der Waals surface area contributed by atoms with Crippen molar-refractivity contribution in [3.05, 3.63) is 31.5 Å². The van der Waals surface area contributed by atoms with E-state index in [2.05, 4.69) is 31.5 Å². The summed E-state index contributed by atoms with van der Waals surface area (Å²) in [4.78, 5) is 36.5. The van der Waals surface area contributed by atoms with Crippen LogP contribution in [0.3, 0.4) is 0 Å². The fourth-order valence-corrected chi connectivity index (χ4v) is 2.33. The summed E-state index contributed by atoms with van der Waals surface area (Å²) in [5.41, 5.74) is -1.18. The molecule has 0 spiro atoms. The topological polar surface area (TPSA) is 116 Å². The Labute approximate surface area is 134 Å². The Balaban J connectivity index is 0.00000220. The molecule has 0 radical (unpaired) electrons. The van der Waals surface area contributed by atoms with Crippen molar-refractivity contribution in [2.24, 2.45) is 5.92 Å². The van der Waals surface area contributed by atoms with Gasteiger partial charge in [-0.25, -0.2) is 4.79 Å². The number of aliphatic hydroxyl groups excluding tert-OH is 1. The van der Waals surface area contributed by atoms with E-state index in [1.165, 1.54) is 6.20 Å². The number of aromatic nitrogens is 2. The molecule has 2 rings (SSSR count). The predicted molar refractivity (Wildman–Crippen MR) is 81.6 cm³/mol. The fraction of sp³-hybridized carbons (Fsp3) is 0.545. The molecule has 1 amide bonds. The number of aromatic amines is 1. The number of aliphatic hydroxyl groups is 1. The van der Waals surface area contributed by atoms with Crippen LogP contribution in [0.1, 0.15) is 0 Å². The minimum atomic E-state index is -0.643. The van der Waals surface area contributed by atoms with Gasteiger partial charge in [0.05, 0.1) is 10.6 Å². The van der Waals surface area contributed by atoms with Crippen LogP contribution in [0.15, 0.2) is 20.3 Å². The van der Waals surface area contributed by atoms with Gasteiger partial charge >= 0.3 is 5.69 Å². The van der Waals surface area contributed by atoms with Crippen LogP contribution in [-0.4, -0.2) is 46.3 Å². The Morgan fingerprint density at radius 3 is 2.81 bits per heavy atom. The van der Waals surface area contributed by atoms with Gasteiger partial charge in [0.15, 0.2) is 0 Å². The molecule has 8 nitrogen and oxygen atoms in total. The van der Waals surface area contributed by atoms with Crippen LogP contribution < -0.4 is 21.9 Å². The molecule has 2 heterocycles. The number of hydrogen-bond donors (Lipinski definition) is 4. The average Bonchev–Trinajstić information content (AvgIpc) is 2.79. The normalized spacial score (nSPS) is 20.9. The van der Waals surface area contributed by atoms with Gasteiger partial charge in [-0.05, 0) is 15.9 Å². The minimum absolute atomic E-state index is 0. The predicted octanol–water partition coefficient (Wildman–Crippen LogP) is -1.58. The molecule has 4 N–H and O–H groups in total. The molecule has 0 aliphatic carbocycles. The monoisotopic (exact) mass is 382 g/mol. The third kappa shape index (κ3) is 4.67. The number of halogens is 2. The SMILES string of the molecule is Cl.O=C(Cn1cc(Br)c(=O)[nH]c1=O)NCC1CNCC1O. The summed E-state index contributed by atoms with van der Waals surface area (Å²) in [6.45, 7) is 1.31. The maximum Gasteiger partial charge on any atom is 0.328 e. The standard InChI is InChI=1S/C11H15BrN4O4.ClH/c12-7-4-16(11(20)15-10(7)19)5-9(18)14-2-6-1-13-3-8(6)17;/h4,6,8,13,17H,1-3,5H2,(H,14,18)(H,15,19,20);1H. The number of nitrogens with zero attached hydrogens (tertiary/aromatic N) is 1. The van der Waals surface area contributed by atoms with E-state index in [-0.39, 0.29) is 35.2 Å². The Morgan fingerprint density at radius 1 is 1.48 bits per heavy atom. The van der Waals surface area contributed by atoms with Gasteiger partial charge in [0.1, 0.15) is 6.54 Å². The largest absolute Gasteiger partial charge is 0.391 e. The van der Waals surface area contributed by atoms with E-state index in [0.29, 0.717) is 19.6 Å². The van der Waals surface area contributed by atoms with Gasteiger partial charge in [-0.15, -0.1) is 12.4 Å². The quantitative estimate of drug-likeness (QED) is 0.501. The van der Waals surface area contributed by atoms with Crippen molar-refractivity contribution in [1.29, 1.82) is 0 Å². The number of carbonyl (C=O) groups is 1. The van der Waals surface area contributed by atoms with Crippen LogP contribution in [0, 0.1) is 5.92 Å². The second-order valence-electron chi connectivity index (χ2n) is 4.65.